The van der Waals surface area contributed by atoms with Crippen molar-refractivity contribution in [3.63, 3.8) is 0 Å². The molecule has 1 N–H and O–H groups in total. The van der Waals surface area contributed by atoms with Crippen LogP contribution in [0.4, 0.5) is 5.82 Å². The van der Waals surface area contributed by atoms with Crippen LogP contribution in [0.5, 0.6) is 0 Å². The molecule has 0 spiro atoms. The van der Waals surface area contributed by atoms with Gasteiger partial charge in [-0.1, -0.05) is 37.0 Å². The van der Waals surface area contributed by atoms with E-state index in [-0.39, 0.29) is 6.04 Å². The van der Waals surface area contributed by atoms with E-state index in [1.807, 2.05) is 0 Å². The average Bonchev–Trinajstić information content (AvgIpc) is 2.85. The van der Waals surface area contributed by atoms with E-state index in [1.165, 1.54) is 0 Å². The fraction of sp³-hybridized carbons (Fsp3) is 0.500. The third-order valence-electron chi connectivity index (χ3n) is 3.64. The van der Waals surface area contributed by atoms with Crippen molar-refractivity contribution in [1.29, 1.82) is 0 Å². The molecule has 112 valence electrons. The van der Waals surface area contributed by atoms with E-state index < -0.39 is 0 Å². The quantitative estimate of drug-likeness (QED) is 0.937. The second-order valence-corrected chi connectivity index (χ2v) is 6.45. The van der Waals surface area contributed by atoms with Crippen LogP contribution in [-0.2, 0) is 13.0 Å². The Hall–Kier alpha value is -1.33. The molecular formula is C14H17Cl2N5. The monoisotopic (exact) mass is 325 g/mol. The largest absolute Gasteiger partial charge is 0.364 e. The highest BCUT2D eigenvalue weighted by Gasteiger charge is 2.24. The summed E-state index contributed by atoms with van der Waals surface area (Å²) in [6.45, 7) is 5.09. The number of hydrogen-bond acceptors (Lipinski definition) is 4. The molecule has 0 bridgehead atoms. The Bertz CT molecular complexity index is 653. The molecule has 2 aromatic heterocycles. The van der Waals surface area contributed by atoms with E-state index in [9.17, 15) is 0 Å². The fourth-order valence-corrected chi connectivity index (χ4v) is 3.04. The maximum absolute atomic E-state index is 6.17. The van der Waals surface area contributed by atoms with Crippen molar-refractivity contribution in [2.45, 2.75) is 45.2 Å². The number of nitrogens with one attached hydrogen (secondary N) is 1. The van der Waals surface area contributed by atoms with Crippen LogP contribution in [0, 0.1) is 0 Å². The van der Waals surface area contributed by atoms with E-state index in [1.54, 1.807) is 12.3 Å². The minimum absolute atomic E-state index is 0.261. The molecule has 7 heteroatoms. The summed E-state index contributed by atoms with van der Waals surface area (Å²) in [5, 5.41) is 13.0. The highest BCUT2D eigenvalue weighted by molar-refractivity contribution is 6.35. The van der Waals surface area contributed by atoms with Crippen molar-refractivity contribution in [2.75, 3.05) is 5.32 Å². The van der Waals surface area contributed by atoms with Crippen LogP contribution in [0.1, 0.15) is 37.8 Å². The van der Waals surface area contributed by atoms with Gasteiger partial charge < -0.3 is 9.88 Å². The van der Waals surface area contributed by atoms with Crippen LogP contribution in [-0.4, -0.2) is 25.8 Å². The zero-order chi connectivity index (χ0) is 15.0. The number of fused-ring (bicyclic) bond motifs is 1. The van der Waals surface area contributed by atoms with Gasteiger partial charge in [-0.15, -0.1) is 10.2 Å². The van der Waals surface area contributed by atoms with E-state index in [0.29, 0.717) is 21.8 Å². The topological polar surface area (TPSA) is 55.6 Å². The summed E-state index contributed by atoms with van der Waals surface area (Å²) in [6.07, 6.45) is 3.49. The predicted octanol–water partition coefficient (Wildman–Crippen LogP) is 3.53. The number of nitrogens with zero attached hydrogens (tertiary/aromatic N) is 4. The first kappa shape index (κ1) is 14.6. The summed E-state index contributed by atoms with van der Waals surface area (Å²) >= 11 is 12.0. The standard InChI is InChI=1S/C14H17Cl2N5/c1-8(2)14-20-19-12-4-3-10(7-21(12)14)18-13-11(16)5-9(15)6-17-13/h5-6,8,10H,3-4,7H2,1-2H3,(H,17,18)/t10-/m0/s1. The Labute approximate surface area is 133 Å². The van der Waals surface area contributed by atoms with Gasteiger partial charge in [-0.05, 0) is 12.5 Å². The molecule has 2 aromatic rings. The molecule has 0 fully saturated rings. The number of rotatable bonds is 3. The van der Waals surface area contributed by atoms with Gasteiger partial charge in [0.1, 0.15) is 17.5 Å². The smallest absolute Gasteiger partial charge is 0.145 e. The van der Waals surface area contributed by atoms with Crippen molar-refractivity contribution in [3.05, 3.63) is 34.0 Å². The summed E-state index contributed by atoms with van der Waals surface area (Å²) in [4.78, 5) is 4.26. The molecule has 0 radical (unpaired) electrons. The van der Waals surface area contributed by atoms with Crippen LogP contribution >= 0.6 is 23.2 Å². The molecule has 0 aromatic carbocycles. The second kappa shape index (κ2) is 5.81. The molecule has 5 nitrogen and oxygen atoms in total. The molecule has 0 unspecified atom stereocenters. The summed E-state index contributed by atoms with van der Waals surface area (Å²) in [5.74, 6) is 3.13. The molecule has 0 saturated heterocycles. The van der Waals surface area contributed by atoms with Gasteiger partial charge in [0.25, 0.3) is 0 Å². The number of hydrogen-bond donors (Lipinski definition) is 1. The Morgan fingerprint density at radius 3 is 2.86 bits per heavy atom. The van der Waals surface area contributed by atoms with E-state index in [0.717, 1.165) is 31.0 Å². The third-order valence-corrected chi connectivity index (χ3v) is 4.14. The van der Waals surface area contributed by atoms with E-state index in [4.69, 9.17) is 23.2 Å². The zero-order valence-electron chi connectivity index (χ0n) is 12.0. The minimum Gasteiger partial charge on any atom is -0.364 e. The maximum atomic E-state index is 6.17. The van der Waals surface area contributed by atoms with Gasteiger partial charge in [0.15, 0.2) is 0 Å². The first-order chi connectivity index (χ1) is 10.0. The van der Waals surface area contributed by atoms with Crippen LogP contribution in [0.2, 0.25) is 10.0 Å². The number of aromatic nitrogens is 4. The maximum Gasteiger partial charge on any atom is 0.145 e. The fourth-order valence-electron chi connectivity index (χ4n) is 2.61. The Morgan fingerprint density at radius 1 is 1.33 bits per heavy atom. The minimum atomic E-state index is 0.261. The normalized spacial score (nSPS) is 17.9. The second-order valence-electron chi connectivity index (χ2n) is 5.60. The van der Waals surface area contributed by atoms with Gasteiger partial charge in [0.05, 0.1) is 10.0 Å². The van der Waals surface area contributed by atoms with Gasteiger partial charge in [0.2, 0.25) is 0 Å². The lowest BCUT2D eigenvalue weighted by Gasteiger charge is -2.26. The highest BCUT2D eigenvalue weighted by atomic mass is 35.5. The van der Waals surface area contributed by atoms with E-state index >= 15 is 0 Å². The molecule has 0 amide bonds. The van der Waals surface area contributed by atoms with Crippen LogP contribution < -0.4 is 5.32 Å². The first-order valence-corrected chi connectivity index (χ1v) is 7.79. The molecule has 0 saturated carbocycles. The first-order valence-electron chi connectivity index (χ1n) is 7.04. The zero-order valence-corrected chi connectivity index (χ0v) is 13.5. The van der Waals surface area contributed by atoms with Gasteiger partial charge in [-0.25, -0.2) is 4.98 Å². The molecule has 3 rings (SSSR count). The van der Waals surface area contributed by atoms with Crippen LogP contribution in [0.3, 0.4) is 0 Å². The average molecular weight is 326 g/mol. The van der Waals surface area contributed by atoms with Gasteiger partial charge in [-0.3, -0.25) is 0 Å². The van der Waals surface area contributed by atoms with Crippen molar-refractivity contribution in [2.24, 2.45) is 0 Å². The van der Waals surface area contributed by atoms with E-state index in [2.05, 4.69) is 38.9 Å². The molecule has 21 heavy (non-hydrogen) atoms. The van der Waals surface area contributed by atoms with Crippen molar-refractivity contribution < 1.29 is 0 Å². The van der Waals surface area contributed by atoms with Crippen LogP contribution in [0.15, 0.2) is 12.3 Å². The molecular weight excluding hydrogens is 309 g/mol. The lowest BCUT2D eigenvalue weighted by atomic mass is 10.1. The van der Waals surface area contributed by atoms with Gasteiger partial charge >= 0.3 is 0 Å². The van der Waals surface area contributed by atoms with Gasteiger partial charge in [-0.2, -0.15) is 0 Å². The number of pyridine rings is 1. The lowest BCUT2D eigenvalue weighted by molar-refractivity contribution is 0.458. The molecule has 1 aliphatic heterocycles. The molecule has 3 heterocycles. The van der Waals surface area contributed by atoms with Crippen molar-refractivity contribution in [3.8, 4) is 0 Å². The van der Waals surface area contributed by atoms with Crippen molar-refractivity contribution >= 4 is 29.0 Å². The Morgan fingerprint density at radius 2 is 2.14 bits per heavy atom. The predicted molar refractivity (Wildman–Crippen MR) is 84.1 cm³/mol. The number of halogens is 2. The summed E-state index contributed by atoms with van der Waals surface area (Å²) in [7, 11) is 0. The number of aryl methyl sites for hydroxylation is 1. The molecule has 0 aliphatic carbocycles. The van der Waals surface area contributed by atoms with Gasteiger partial charge in [0, 0.05) is 31.1 Å². The highest BCUT2D eigenvalue weighted by Crippen LogP contribution is 2.26. The molecule has 1 atom stereocenters. The molecule has 1 aliphatic rings. The van der Waals surface area contributed by atoms with Crippen molar-refractivity contribution in [1.82, 2.24) is 19.7 Å². The summed E-state index contributed by atoms with van der Waals surface area (Å²) in [6, 6.07) is 1.96. The summed E-state index contributed by atoms with van der Waals surface area (Å²) < 4.78 is 2.20. The SMILES string of the molecule is CC(C)c1nnc2n1C[C@@H](Nc1ncc(Cl)cc1Cl)CC2. The third kappa shape index (κ3) is 2.99. The Balaban J connectivity index is 1.78. The number of anilines is 1. The summed E-state index contributed by atoms with van der Waals surface area (Å²) in [5.41, 5.74) is 0. The van der Waals surface area contributed by atoms with Crippen LogP contribution in [0.25, 0.3) is 0 Å². The lowest BCUT2D eigenvalue weighted by Crippen LogP contribution is -2.32. The Kier molecular flexibility index (Phi) is 4.04.